The van der Waals surface area contributed by atoms with Gasteiger partial charge in [-0.25, -0.2) is 4.98 Å². The van der Waals surface area contributed by atoms with Gasteiger partial charge in [0.15, 0.2) is 0 Å². The van der Waals surface area contributed by atoms with Crippen molar-refractivity contribution in [3.05, 3.63) is 46.2 Å². The van der Waals surface area contributed by atoms with Gasteiger partial charge in [-0.2, -0.15) is 0 Å². The Hall–Kier alpha value is -1.30. The van der Waals surface area contributed by atoms with Crippen molar-refractivity contribution in [2.24, 2.45) is 5.84 Å². The molecule has 5 heteroatoms. The molecule has 0 aliphatic rings. The van der Waals surface area contributed by atoms with Gasteiger partial charge in [0.05, 0.1) is 5.01 Å². The van der Waals surface area contributed by atoms with Gasteiger partial charge in [-0.05, 0) is 19.1 Å². The lowest BCUT2D eigenvalue weighted by Gasteiger charge is -2.13. The van der Waals surface area contributed by atoms with E-state index in [9.17, 15) is 0 Å². The number of nitrogens with one attached hydrogen (secondary N) is 1. The first-order chi connectivity index (χ1) is 8.28. The maximum absolute atomic E-state index is 5.57. The molecule has 1 atom stereocenters. The number of hydrogen-bond donors (Lipinski definition) is 2. The number of pyridine rings is 1. The van der Waals surface area contributed by atoms with Gasteiger partial charge in [0.1, 0.15) is 0 Å². The van der Waals surface area contributed by atoms with Gasteiger partial charge in [-0.15, -0.1) is 11.3 Å². The Labute approximate surface area is 105 Å². The van der Waals surface area contributed by atoms with Crippen molar-refractivity contribution >= 4 is 11.3 Å². The van der Waals surface area contributed by atoms with Crippen LogP contribution < -0.4 is 11.3 Å². The molecule has 4 nitrogen and oxygen atoms in total. The van der Waals surface area contributed by atoms with E-state index in [0.29, 0.717) is 0 Å². The maximum atomic E-state index is 5.57. The summed E-state index contributed by atoms with van der Waals surface area (Å²) in [5.41, 5.74) is 4.95. The summed E-state index contributed by atoms with van der Waals surface area (Å²) in [5, 5.41) is 3.17. The minimum absolute atomic E-state index is 0.176. The van der Waals surface area contributed by atoms with Crippen LogP contribution in [0.2, 0.25) is 0 Å². The molecule has 17 heavy (non-hydrogen) atoms. The third-order valence-electron chi connectivity index (χ3n) is 2.50. The van der Waals surface area contributed by atoms with Crippen molar-refractivity contribution in [3.8, 4) is 0 Å². The maximum Gasteiger partial charge on any atom is 0.0944 e. The number of aryl methyl sites for hydroxylation is 1. The first kappa shape index (κ1) is 12.2. The molecule has 0 radical (unpaired) electrons. The Morgan fingerprint density at radius 3 is 2.88 bits per heavy atom. The predicted octanol–water partition coefficient (Wildman–Crippen LogP) is 1.46. The minimum Gasteiger partial charge on any atom is -0.271 e. The lowest BCUT2D eigenvalue weighted by Crippen LogP contribution is -2.38. The molecule has 0 spiro atoms. The predicted molar refractivity (Wildman–Crippen MR) is 69.6 cm³/mol. The summed E-state index contributed by atoms with van der Waals surface area (Å²) in [4.78, 5) is 8.74. The summed E-state index contributed by atoms with van der Waals surface area (Å²) in [6, 6.07) is 6.09. The van der Waals surface area contributed by atoms with E-state index in [1.54, 1.807) is 17.5 Å². The van der Waals surface area contributed by atoms with E-state index in [1.165, 1.54) is 0 Å². The van der Waals surface area contributed by atoms with Crippen LogP contribution in [0.1, 0.15) is 16.4 Å². The van der Waals surface area contributed by atoms with Crippen molar-refractivity contribution in [2.75, 3.05) is 0 Å². The Balaban J connectivity index is 1.98. The van der Waals surface area contributed by atoms with E-state index in [0.717, 1.165) is 29.2 Å². The molecule has 0 bridgehead atoms. The topological polar surface area (TPSA) is 63.8 Å². The van der Waals surface area contributed by atoms with E-state index in [1.807, 2.05) is 25.1 Å². The van der Waals surface area contributed by atoms with E-state index in [2.05, 4.69) is 20.8 Å². The summed E-state index contributed by atoms with van der Waals surface area (Å²) >= 11 is 1.68. The molecule has 0 saturated carbocycles. The zero-order valence-corrected chi connectivity index (χ0v) is 10.6. The fraction of sp³-hybridized carbons (Fsp3) is 0.333. The van der Waals surface area contributed by atoms with E-state index in [-0.39, 0.29) is 6.04 Å². The van der Waals surface area contributed by atoms with Crippen LogP contribution in [0.3, 0.4) is 0 Å². The molecule has 2 heterocycles. The monoisotopic (exact) mass is 248 g/mol. The number of aromatic nitrogens is 2. The van der Waals surface area contributed by atoms with E-state index >= 15 is 0 Å². The fourth-order valence-corrected chi connectivity index (χ4v) is 2.52. The van der Waals surface area contributed by atoms with Crippen LogP contribution >= 0.6 is 11.3 Å². The smallest absolute Gasteiger partial charge is 0.0944 e. The zero-order valence-electron chi connectivity index (χ0n) is 9.76. The molecular formula is C12H16N4S. The number of nitrogens with two attached hydrogens (primary N) is 1. The quantitative estimate of drug-likeness (QED) is 0.621. The summed E-state index contributed by atoms with van der Waals surface area (Å²) < 4.78 is 0. The molecule has 90 valence electrons. The zero-order chi connectivity index (χ0) is 12.1. The summed E-state index contributed by atoms with van der Waals surface area (Å²) in [6.45, 7) is 2.00. The Morgan fingerprint density at radius 1 is 1.41 bits per heavy atom. The fourth-order valence-electron chi connectivity index (χ4n) is 1.67. The Bertz CT molecular complexity index is 455. The van der Waals surface area contributed by atoms with Gasteiger partial charge in [-0.1, -0.05) is 6.07 Å². The molecule has 2 rings (SSSR count). The van der Waals surface area contributed by atoms with Gasteiger partial charge in [0.2, 0.25) is 0 Å². The van der Waals surface area contributed by atoms with Crippen LogP contribution in [0.4, 0.5) is 0 Å². The summed E-state index contributed by atoms with van der Waals surface area (Å²) in [7, 11) is 0. The molecular weight excluding hydrogens is 232 g/mol. The van der Waals surface area contributed by atoms with E-state index in [4.69, 9.17) is 5.84 Å². The Morgan fingerprint density at radius 2 is 2.29 bits per heavy atom. The van der Waals surface area contributed by atoms with Crippen molar-refractivity contribution in [1.29, 1.82) is 0 Å². The second-order valence-corrected chi connectivity index (χ2v) is 4.92. The highest BCUT2D eigenvalue weighted by molar-refractivity contribution is 7.09. The normalized spacial score (nSPS) is 12.6. The number of thiazole rings is 1. The standard InChI is InChI=1S/C12H16N4S/c1-9-8-17-12(15-9)7-11(16-13)6-10-4-2-3-5-14-10/h2-5,8,11,16H,6-7,13H2,1H3. The molecule has 0 aliphatic heterocycles. The number of hydrazine groups is 1. The minimum atomic E-state index is 0.176. The van der Waals surface area contributed by atoms with Crippen LogP contribution in [0, 0.1) is 6.92 Å². The third-order valence-corrected chi connectivity index (χ3v) is 3.49. The third kappa shape index (κ3) is 3.59. The van der Waals surface area contributed by atoms with Crippen molar-refractivity contribution in [2.45, 2.75) is 25.8 Å². The molecule has 0 saturated heterocycles. The second kappa shape index (κ2) is 5.86. The van der Waals surface area contributed by atoms with Crippen LogP contribution in [0.15, 0.2) is 29.8 Å². The number of nitrogens with zero attached hydrogens (tertiary/aromatic N) is 2. The lowest BCUT2D eigenvalue weighted by molar-refractivity contribution is 0.516. The van der Waals surface area contributed by atoms with Gasteiger partial charge in [-0.3, -0.25) is 16.3 Å². The summed E-state index contributed by atoms with van der Waals surface area (Å²) in [5.74, 6) is 5.57. The highest BCUT2D eigenvalue weighted by atomic mass is 32.1. The average molecular weight is 248 g/mol. The van der Waals surface area contributed by atoms with E-state index < -0.39 is 0 Å². The van der Waals surface area contributed by atoms with Gasteiger partial charge in [0.25, 0.3) is 0 Å². The highest BCUT2D eigenvalue weighted by Gasteiger charge is 2.11. The average Bonchev–Trinajstić information content (AvgIpc) is 2.75. The molecule has 0 amide bonds. The first-order valence-corrected chi connectivity index (χ1v) is 6.43. The van der Waals surface area contributed by atoms with Gasteiger partial charge < -0.3 is 0 Å². The van der Waals surface area contributed by atoms with Crippen molar-refractivity contribution in [3.63, 3.8) is 0 Å². The SMILES string of the molecule is Cc1csc(CC(Cc2ccccn2)NN)n1. The molecule has 3 N–H and O–H groups in total. The van der Waals surface area contributed by atoms with Crippen LogP contribution in [0.5, 0.6) is 0 Å². The molecule has 0 aromatic carbocycles. The largest absolute Gasteiger partial charge is 0.271 e. The molecule has 2 aromatic rings. The van der Waals surface area contributed by atoms with Crippen LogP contribution in [-0.2, 0) is 12.8 Å². The lowest BCUT2D eigenvalue weighted by atomic mass is 10.1. The van der Waals surface area contributed by atoms with Gasteiger partial charge in [0, 0.05) is 41.8 Å². The first-order valence-electron chi connectivity index (χ1n) is 5.55. The molecule has 2 aromatic heterocycles. The molecule has 0 aliphatic carbocycles. The van der Waals surface area contributed by atoms with Crippen LogP contribution in [0.25, 0.3) is 0 Å². The number of rotatable bonds is 5. The molecule has 0 fully saturated rings. The van der Waals surface area contributed by atoms with Crippen molar-refractivity contribution < 1.29 is 0 Å². The van der Waals surface area contributed by atoms with Crippen molar-refractivity contribution in [1.82, 2.24) is 15.4 Å². The van der Waals surface area contributed by atoms with Crippen LogP contribution in [-0.4, -0.2) is 16.0 Å². The molecule has 1 unspecified atom stereocenters. The highest BCUT2D eigenvalue weighted by Crippen LogP contribution is 2.12. The van der Waals surface area contributed by atoms with Gasteiger partial charge >= 0.3 is 0 Å². The summed E-state index contributed by atoms with van der Waals surface area (Å²) in [6.07, 6.45) is 3.46. The Kier molecular flexibility index (Phi) is 4.19. The number of hydrogen-bond acceptors (Lipinski definition) is 5. The second-order valence-electron chi connectivity index (χ2n) is 3.98.